The highest BCUT2D eigenvalue weighted by Crippen LogP contribution is 2.50. The normalized spacial score (nSPS) is 11.4. The molecule has 1 N–H and O–H groups in total. The summed E-state index contributed by atoms with van der Waals surface area (Å²) in [6.45, 7) is -1.61. The van der Waals surface area contributed by atoms with Crippen LogP contribution < -0.4 is 9.78 Å². The van der Waals surface area contributed by atoms with E-state index in [1.54, 1.807) is 0 Å². The van der Waals surface area contributed by atoms with Gasteiger partial charge in [0, 0.05) is 12.1 Å². The Morgan fingerprint density at radius 1 is 0.944 bits per heavy atom. The molecule has 0 unspecified atom stereocenters. The number of hydrogen-bond donors (Lipinski definition) is 1. The SMILES string of the molecule is O=C(O)CN(CP(=O)(OOc1cccc([N+](=O)[O-])c1)OOc1cccc([N+](=O)[O-])c1)C(=O)C(F)(F)F. The van der Waals surface area contributed by atoms with E-state index in [1.165, 1.54) is 0 Å². The molecule has 0 saturated heterocycles. The van der Waals surface area contributed by atoms with Crippen LogP contribution >= 0.6 is 7.60 Å². The van der Waals surface area contributed by atoms with E-state index in [9.17, 15) is 47.6 Å². The number of carbonyl (C=O) groups is 2. The van der Waals surface area contributed by atoms with Crippen LogP contribution in [0.2, 0.25) is 0 Å². The second-order valence-electron chi connectivity index (χ2n) is 6.47. The number of carboxylic acids is 1. The van der Waals surface area contributed by atoms with Crippen molar-refractivity contribution in [3.05, 3.63) is 68.8 Å². The number of halogens is 3. The molecule has 194 valence electrons. The molecular formula is C17H13F3N3O12P. The summed E-state index contributed by atoms with van der Waals surface area (Å²) >= 11 is 0. The van der Waals surface area contributed by atoms with Gasteiger partial charge in [-0.2, -0.15) is 13.2 Å². The number of nitro groups is 2. The Labute approximate surface area is 197 Å². The predicted octanol–water partition coefficient (Wildman–Crippen LogP) is 3.45. The fourth-order valence-corrected chi connectivity index (χ4v) is 3.46. The molecule has 0 aromatic heterocycles. The number of non-ortho nitro benzene ring substituents is 2. The molecule has 36 heavy (non-hydrogen) atoms. The van der Waals surface area contributed by atoms with Crippen LogP contribution in [0.1, 0.15) is 0 Å². The van der Waals surface area contributed by atoms with E-state index < -0.39 is 76.1 Å². The van der Waals surface area contributed by atoms with Crippen LogP contribution in [-0.2, 0) is 23.5 Å². The van der Waals surface area contributed by atoms with Crippen LogP contribution in [0.3, 0.4) is 0 Å². The third-order valence-electron chi connectivity index (χ3n) is 3.75. The summed E-state index contributed by atoms with van der Waals surface area (Å²) in [4.78, 5) is 51.5. The minimum absolute atomic E-state index is 0.448. The van der Waals surface area contributed by atoms with E-state index in [0.717, 1.165) is 48.5 Å². The highest BCUT2D eigenvalue weighted by Gasteiger charge is 2.46. The van der Waals surface area contributed by atoms with Gasteiger partial charge in [0.1, 0.15) is 12.8 Å². The molecule has 0 bridgehead atoms. The first kappa shape index (κ1) is 28.0. The smallest absolute Gasteiger partial charge is 0.471 e. The van der Waals surface area contributed by atoms with Crippen molar-refractivity contribution in [2.75, 3.05) is 12.8 Å². The number of carbonyl (C=O) groups excluding carboxylic acids is 1. The van der Waals surface area contributed by atoms with Crippen LogP contribution in [0.25, 0.3) is 0 Å². The lowest BCUT2D eigenvalue weighted by Crippen LogP contribution is -2.44. The standard InChI is InChI=1S/C17H13F3N3O12P/c18-17(19,20)16(26)21(9-15(24)25)10-36(31,34-32-13-5-1-3-11(7-13)22(27)28)35-33-14-6-2-4-12(8-14)23(29)30/h1-8H,9-10H2,(H,24,25). The van der Waals surface area contributed by atoms with Crippen LogP contribution in [-0.4, -0.2) is 50.7 Å². The van der Waals surface area contributed by atoms with Gasteiger partial charge < -0.3 is 19.8 Å². The Morgan fingerprint density at radius 2 is 1.39 bits per heavy atom. The second kappa shape index (κ2) is 11.4. The van der Waals surface area contributed by atoms with Crippen LogP contribution in [0.15, 0.2) is 48.5 Å². The second-order valence-corrected chi connectivity index (χ2v) is 8.27. The number of carboxylic acid groups (broad SMARTS) is 1. The van der Waals surface area contributed by atoms with Crippen molar-refractivity contribution in [2.24, 2.45) is 0 Å². The molecule has 0 aliphatic rings. The van der Waals surface area contributed by atoms with Crippen molar-refractivity contribution < 1.29 is 61.4 Å². The van der Waals surface area contributed by atoms with E-state index in [-0.39, 0.29) is 0 Å². The number of hydrogen-bond acceptors (Lipinski definition) is 11. The van der Waals surface area contributed by atoms with E-state index in [1.807, 2.05) is 0 Å². The first-order chi connectivity index (χ1) is 16.7. The Morgan fingerprint density at radius 3 is 1.75 bits per heavy atom. The maximum absolute atomic E-state index is 13.1. The zero-order chi connectivity index (χ0) is 27.1. The molecule has 0 heterocycles. The number of benzene rings is 2. The number of alkyl halides is 3. The number of amides is 1. The molecule has 0 aliphatic carbocycles. The van der Waals surface area contributed by atoms with Gasteiger partial charge in [-0.25, -0.2) is 0 Å². The number of nitrogens with zero attached hydrogens (tertiary/aromatic N) is 3. The van der Waals surface area contributed by atoms with E-state index in [2.05, 4.69) is 19.1 Å². The van der Waals surface area contributed by atoms with Gasteiger partial charge in [-0.1, -0.05) is 21.5 Å². The zero-order valence-corrected chi connectivity index (χ0v) is 18.3. The Balaban J connectivity index is 2.34. The largest absolute Gasteiger partial charge is 0.480 e. The third-order valence-corrected chi connectivity index (χ3v) is 5.04. The average Bonchev–Trinajstić information content (AvgIpc) is 2.80. The summed E-state index contributed by atoms with van der Waals surface area (Å²) in [6.07, 6.45) is -7.29. The minimum atomic E-state index is -5.60. The fourth-order valence-electron chi connectivity index (χ4n) is 2.29. The molecule has 0 atom stereocenters. The maximum atomic E-state index is 13.1. The topological polar surface area (TPSA) is 198 Å². The molecule has 19 heteroatoms. The molecule has 2 rings (SSSR count). The molecule has 0 saturated carbocycles. The Hall–Kier alpha value is -4.28. The van der Waals surface area contributed by atoms with Gasteiger partial charge in [-0.05, 0) is 12.1 Å². The lowest BCUT2D eigenvalue weighted by Gasteiger charge is -2.25. The van der Waals surface area contributed by atoms with E-state index in [4.69, 9.17) is 5.11 Å². The van der Waals surface area contributed by atoms with Crippen molar-refractivity contribution in [2.45, 2.75) is 6.18 Å². The quantitative estimate of drug-likeness (QED) is 0.179. The molecule has 0 aliphatic heterocycles. The van der Waals surface area contributed by atoms with Crippen LogP contribution in [0, 0.1) is 20.2 Å². The first-order valence-electron chi connectivity index (χ1n) is 9.08. The summed E-state index contributed by atoms with van der Waals surface area (Å²) in [6, 6.07) is 7.90. The third kappa shape index (κ3) is 8.19. The summed E-state index contributed by atoms with van der Waals surface area (Å²) in [5.41, 5.74) is -1.06. The Bertz CT molecular complexity index is 1140. The highest BCUT2D eigenvalue weighted by molar-refractivity contribution is 7.53. The van der Waals surface area contributed by atoms with Crippen molar-refractivity contribution >= 4 is 30.8 Å². The van der Waals surface area contributed by atoms with Gasteiger partial charge >= 0.3 is 25.6 Å². The summed E-state index contributed by atoms with van der Waals surface area (Å²) in [5, 5.41) is 30.6. The number of nitro benzene ring substituents is 2. The highest BCUT2D eigenvalue weighted by atomic mass is 31.2. The lowest BCUT2D eigenvalue weighted by molar-refractivity contribution is -0.385. The van der Waals surface area contributed by atoms with Gasteiger partial charge in [-0.15, -0.1) is 0 Å². The lowest BCUT2D eigenvalue weighted by atomic mass is 10.3. The Kier molecular flexibility index (Phi) is 8.88. The van der Waals surface area contributed by atoms with Gasteiger partial charge in [-0.3, -0.25) is 34.4 Å². The minimum Gasteiger partial charge on any atom is -0.480 e. The first-order valence-corrected chi connectivity index (χ1v) is 10.8. The van der Waals surface area contributed by atoms with Crippen LogP contribution in [0.4, 0.5) is 24.5 Å². The van der Waals surface area contributed by atoms with Gasteiger partial charge in [0.25, 0.3) is 11.4 Å². The molecule has 15 nitrogen and oxygen atoms in total. The van der Waals surface area contributed by atoms with Crippen molar-refractivity contribution in [3.8, 4) is 11.5 Å². The molecule has 2 aromatic carbocycles. The number of aliphatic carboxylic acids is 1. The molecule has 0 radical (unpaired) electrons. The van der Waals surface area contributed by atoms with Crippen molar-refractivity contribution in [1.29, 1.82) is 0 Å². The molecular weight excluding hydrogens is 526 g/mol. The van der Waals surface area contributed by atoms with E-state index in [0.29, 0.717) is 0 Å². The summed E-state index contributed by atoms with van der Waals surface area (Å²) < 4.78 is 60.9. The zero-order valence-electron chi connectivity index (χ0n) is 17.4. The van der Waals surface area contributed by atoms with Gasteiger partial charge in [0.15, 0.2) is 11.5 Å². The molecule has 2 aromatic rings. The van der Waals surface area contributed by atoms with Crippen molar-refractivity contribution in [3.63, 3.8) is 0 Å². The predicted molar refractivity (Wildman–Crippen MR) is 107 cm³/mol. The number of rotatable bonds is 12. The maximum Gasteiger partial charge on any atom is 0.471 e. The molecule has 0 spiro atoms. The molecule has 1 amide bonds. The van der Waals surface area contributed by atoms with Gasteiger partial charge in [0.2, 0.25) is 0 Å². The summed E-state index contributed by atoms with van der Waals surface area (Å²) in [7, 11) is -5.21. The summed E-state index contributed by atoms with van der Waals surface area (Å²) in [5.74, 6) is -5.65. The van der Waals surface area contributed by atoms with Crippen molar-refractivity contribution in [1.82, 2.24) is 4.90 Å². The van der Waals surface area contributed by atoms with Gasteiger partial charge in [0.05, 0.1) is 22.0 Å². The van der Waals surface area contributed by atoms with E-state index >= 15 is 0 Å². The monoisotopic (exact) mass is 539 g/mol. The fraction of sp³-hybridized carbons (Fsp3) is 0.176. The average molecular weight is 539 g/mol. The molecule has 0 fully saturated rings. The van der Waals surface area contributed by atoms with Crippen LogP contribution in [0.5, 0.6) is 11.5 Å².